The minimum Gasteiger partial charge on any atom is -0.356 e. The van der Waals surface area contributed by atoms with Crippen molar-refractivity contribution in [3.8, 4) is 0 Å². The van der Waals surface area contributed by atoms with Crippen LogP contribution in [0.3, 0.4) is 0 Å². The molecule has 0 amide bonds. The quantitative estimate of drug-likeness (QED) is 0.809. The van der Waals surface area contributed by atoms with E-state index < -0.39 is 0 Å². The van der Waals surface area contributed by atoms with Crippen LogP contribution in [0.5, 0.6) is 0 Å². The molecule has 3 heteroatoms. The first-order valence-electron chi connectivity index (χ1n) is 6.53. The van der Waals surface area contributed by atoms with Crippen LogP contribution in [0.1, 0.15) is 29.9 Å². The van der Waals surface area contributed by atoms with Crippen LogP contribution in [0.15, 0.2) is 29.3 Å². The Kier molecular flexibility index (Phi) is 2.99. The Balaban J connectivity index is 1.62. The summed E-state index contributed by atoms with van der Waals surface area (Å²) in [5.74, 6) is 1.64. The highest BCUT2D eigenvalue weighted by molar-refractivity contribution is 5.80. The van der Waals surface area contributed by atoms with Crippen LogP contribution in [0, 0.1) is 0 Å². The van der Waals surface area contributed by atoms with E-state index in [1.165, 1.54) is 24.0 Å². The zero-order valence-corrected chi connectivity index (χ0v) is 10.1. The number of fused-ring (bicyclic) bond motifs is 1. The first kappa shape index (κ1) is 10.6. The lowest BCUT2D eigenvalue weighted by Crippen LogP contribution is -2.42. The topological polar surface area (TPSA) is 36.4 Å². The molecule has 2 aliphatic rings. The number of nitrogens with zero attached hydrogens (tertiary/aromatic N) is 1. The van der Waals surface area contributed by atoms with Gasteiger partial charge < -0.3 is 10.6 Å². The fourth-order valence-electron chi connectivity index (χ4n) is 2.73. The summed E-state index contributed by atoms with van der Waals surface area (Å²) in [4.78, 5) is 4.44. The number of aliphatic imine (C=N–C) groups is 1. The van der Waals surface area contributed by atoms with Crippen LogP contribution in [0.4, 0.5) is 0 Å². The predicted octanol–water partition coefficient (Wildman–Crippen LogP) is 1.66. The van der Waals surface area contributed by atoms with Gasteiger partial charge in [0.15, 0.2) is 5.96 Å². The molecule has 0 aromatic heterocycles. The van der Waals surface area contributed by atoms with Crippen LogP contribution in [-0.2, 0) is 6.42 Å². The van der Waals surface area contributed by atoms with Crippen LogP contribution in [-0.4, -0.2) is 25.6 Å². The van der Waals surface area contributed by atoms with Gasteiger partial charge in [-0.15, -0.1) is 0 Å². The maximum Gasteiger partial charge on any atom is 0.191 e. The van der Waals surface area contributed by atoms with Gasteiger partial charge in [-0.1, -0.05) is 24.3 Å². The monoisotopic (exact) mass is 229 g/mol. The van der Waals surface area contributed by atoms with Gasteiger partial charge in [0.1, 0.15) is 0 Å². The molecule has 0 spiro atoms. The lowest BCUT2D eigenvalue weighted by molar-refractivity contribution is 0.628. The molecule has 0 bridgehead atoms. The molecule has 1 unspecified atom stereocenters. The van der Waals surface area contributed by atoms with E-state index in [1.807, 2.05) is 0 Å². The van der Waals surface area contributed by atoms with Gasteiger partial charge in [0.2, 0.25) is 0 Å². The second-order valence-corrected chi connectivity index (χ2v) is 4.83. The minimum atomic E-state index is 0.651. The summed E-state index contributed by atoms with van der Waals surface area (Å²) in [6.07, 6.45) is 3.64. The second-order valence-electron chi connectivity index (χ2n) is 4.83. The van der Waals surface area contributed by atoms with Gasteiger partial charge in [-0.3, -0.25) is 4.99 Å². The molecule has 1 aliphatic heterocycles. The van der Waals surface area contributed by atoms with Crippen molar-refractivity contribution in [1.29, 1.82) is 0 Å². The Hall–Kier alpha value is -1.51. The van der Waals surface area contributed by atoms with Gasteiger partial charge >= 0.3 is 0 Å². The fraction of sp³-hybridized carbons (Fsp3) is 0.500. The lowest BCUT2D eigenvalue weighted by atomic mass is 10.0. The summed E-state index contributed by atoms with van der Waals surface area (Å²) in [6, 6.07) is 8.81. The van der Waals surface area contributed by atoms with E-state index in [-0.39, 0.29) is 0 Å². The second kappa shape index (κ2) is 4.78. The van der Waals surface area contributed by atoms with Crippen molar-refractivity contribution in [2.75, 3.05) is 19.6 Å². The third-order valence-electron chi connectivity index (χ3n) is 3.67. The van der Waals surface area contributed by atoms with Gasteiger partial charge in [-0.05, 0) is 30.4 Å². The molecule has 1 aromatic rings. The molecule has 0 saturated carbocycles. The Bertz CT molecular complexity index is 425. The summed E-state index contributed by atoms with van der Waals surface area (Å²) < 4.78 is 0. The lowest BCUT2D eigenvalue weighted by Gasteiger charge is -2.19. The fourth-order valence-corrected chi connectivity index (χ4v) is 2.73. The molecule has 1 heterocycles. The summed E-state index contributed by atoms with van der Waals surface area (Å²) in [5, 5.41) is 6.75. The van der Waals surface area contributed by atoms with Crippen molar-refractivity contribution in [1.82, 2.24) is 10.6 Å². The van der Waals surface area contributed by atoms with E-state index in [0.29, 0.717) is 5.92 Å². The zero-order valence-electron chi connectivity index (χ0n) is 10.1. The largest absolute Gasteiger partial charge is 0.356 e. The standard InChI is InChI=1S/C14H19N3/c1-2-5-13-11(4-1)6-7-12(13)10-17-14-15-8-3-9-16-14/h1-2,4-5,12H,3,6-10H2,(H2,15,16,17). The molecule has 1 aliphatic carbocycles. The van der Waals surface area contributed by atoms with Crippen molar-refractivity contribution < 1.29 is 0 Å². The normalized spacial score (nSPS) is 22.6. The number of rotatable bonds is 2. The summed E-state index contributed by atoms with van der Waals surface area (Å²) >= 11 is 0. The number of guanidine groups is 1. The van der Waals surface area contributed by atoms with E-state index in [2.05, 4.69) is 39.9 Å². The molecular formula is C14H19N3. The van der Waals surface area contributed by atoms with Crippen LogP contribution in [0.25, 0.3) is 0 Å². The molecule has 90 valence electrons. The van der Waals surface area contributed by atoms with Crippen LogP contribution in [0.2, 0.25) is 0 Å². The first-order chi connectivity index (χ1) is 8.43. The van der Waals surface area contributed by atoms with Crippen LogP contribution >= 0.6 is 0 Å². The maximum atomic E-state index is 4.44. The third-order valence-corrected chi connectivity index (χ3v) is 3.67. The van der Waals surface area contributed by atoms with Crippen LogP contribution < -0.4 is 10.6 Å². The maximum absolute atomic E-state index is 4.44. The van der Waals surface area contributed by atoms with E-state index in [1.54, 1.807) is 0 Å². The van der Waals surface area contributed by atoms with E-state index in [0.717, 1.165) is 32.0 Å². The van der Waals surface area contributed by atoms with Crippen molar-refractivity contribution in [3.63, 3.8) is 0 Å². The summed E-state index contributed by atoms with van der Waals surface area (Å²) in [7, 11) is 0. The van der Waals surface area contributed by atoms with Gasteiger partial charge in [-0.2, -0.15) is 0 Å². The highest BCUT2D eigenvalue weighted by Crippen LogP contribution is 2.31. The molecule has 0 radical (unpaired) electrons. The van der Waals surface area contributed by atoms with E-state index in [4.69, 9.17) is 0 Å². The Morgan fingerprint density at radius 1 is 1.35 bits per heavy atom. The molecular weight excluding hydrogens is 210 g/mol. The van der Waals surface area contributed by atoms with Gasteiger partial charge in [0, 0.05) is 25.6 Å². The summed E-state index contributed by atoms with van der Waals surface area (Å²) in [5.41, 5.74) is 3.05. The molecule has 3 nitrogen and oxygen atoms in total. The van der Waals surface area contributed by atoms with Crippen molar-refractivity contribution >= 4 is 5.96 Å². The SMILES string of the molecule is c1ccc2c(c1)CCC2CNC1=NCCCN1. The smallest absolute Gasteiger partial charge is 0.191 e. The van der Waals surface area contributed by atoms with Crippen molar-refractivity contribution in [3.05, 3.63) is 35.4 Å². The highest BCUT2D eigenvalue weighted by atomic mass is 15.2. The molecule has 1 atom stereocenters. The third kappa shape index (κ3) is 2.28. The van der Waals surface area contributed by atoms with Gasteiger partial charge in [0.25, 0.3) is 0 Å². The van der Waals surface area contributed by atoms with Gasteiger partial charge in [-0.25, -0.2) is 0 Å². The number of hydrogen-bond acceptors (Lipinski definition) is 3. The molecule has 0 saturated heterocycles. The van der Waals surface area contributed by atoms with E-state index >= 15 is 0 Å². The number of nitrogens with one attached hydrogen (secondary N) is 2. The first-order valence-corrected chi connectivity index (χ1v) is 6.53. The molecule has 1 aromatic carbocycles. The molecule has 3 rings (SSSR count). The average Bonchev–Trinajstić information content (AvgIpc) is 2.81. The highest BCUT2D eigenvalue weighted by Gasteiger charge is 2.21. The van der Waals surface area contributed by atoms with Crippen molar-refractivity contribution in [2.24, 2.45) is 4.99 Å². The zero-order chi connectivity index (χ0) is 11.5. The van der Waals surface area contributed by atoms with Crippen molar-refractivity contribution in [2.45, 2.75) is 25.2 Å². The average molecular weight is 229 g/mol. The Labute approximate surface area is 102 Å². The Morgan fingerprint density at radius 2 is 2.29 bits per heavy atom. The minimum absolute atomic E-state index is 0.651. The van der Waals surface area contributed by atoms with Gasteiger partial charge in [0.05, 0.1) is 0 Å². The Morgan fingerprint density at radius 3 is 3.18 bits per heavy atom. The molecule has 17 heavy (non-hydrogen) atoms. The predicted molar refractivity (Wildman–Crippen MR) is 70.4 cm³/mol. The number of aryl methyl sites for hydroxylation is 1. The molecule has 0 fully saturated rings. The molecule has 2 N–H and O–H groups in total. The van der Waals surface area contributed by atoms with E-state index in [9.17, 15) is 0 Å². The summed E-state index contributed by atoms with van der Waals surface area (Å²) in [6.45, 7) is 3.01. The number of hydrogen-bond donors (Lipinski definition) is 2. The number of benzene rings is 1.